The molecule has 0 aliphatic heterocycles. The molecule has 0 saturated heterocycles. The van der Waals surface area contributed by atoms with Gasteiger partial charge in [-0.25, -0.2) is 0 Å². The molecule has 16 rings (SSSR count). The molecule has 0 bridgehead atoms. The van der Waals surface area contributed by atoms with E-state index in [0.29, 0.717) is 11.5 Å². The van der Waals surface area contributed by atoms with Gasteiger partial charge in [0.05, 0.1) is 0 Å². The van der Waals surface area contributed by atoms with Gasteiger partial charge >= 0.3 is 0 Å². The van der Waals surface area contributed by atoms with Gasteiger partial charge in [0.25, 0.3) is 0 Å². The molecule has 2 unspecified atom stereocenters. The molecule has 12 aromatic rings. The summed E-state index contributed by atoms with van der Waals surface area (Å²) in [7, 11) is 0. The number of anilines is 6. The molecule has 3 heteroatoms. The Kier molecular flexibility index (Phi) is 21.0. The maximum absolute atomic E-state index is 9.73. The summed E-state index contributed by atoms with van der Waals surface area (Å²) in [5, 5.41) is 3.80. The predicted molar refractivity (Wildman–Crippen MR) is 469 cm³/mol. The number of nitrogens with one attached hydrogen (secondary N) is 1. The second-order valence-electron chi connectivity index (χ2n) is 34.1. The minimum atomic E-state index is -0.592. The SMILES string of the molecule is CC(C)C.Cc1cc2c(cc1N(c1cccc(-c3ccccc3)c1C)C(C)C)C(C)(C)c1ccccc1-2.[2H]C(C)c1cc2c(cc1N(c1cccc(-c3ccccc3)c1C([2H])C)C(C)C)C(C)(C)c1ccccc1-2.[2H]C1(c2cc3c(cc2Nc2cccc(-c4ccccc4)c2)C(C)(C)c2ccccc2-3)CCC(C)(C)CC1. The molecule has 12 aromatic carbocycles. The normalized spacial score (nSPS) is 16.1. The summed E-state index contributed by atoms with van der Waals surface area (Å²) in [6.07, 6.45) is 3.16. The Balaban J connectivity index is 0.000000143. The van der Waals surface area contributed by atoms with Crippen molar-refractivity contribution in [2.75, 3.05) is 15.1 Å². The highest BCUT2D eigenvalue weighted by molar-refractivity contribution is 5.90. The molecule has 0 radical (unpaired) electrons. The molecule has 0 heterocycles. The lowest BCUT2D eigenvalue weighted by Crippen LogP contribution is -2.28. The first kappa shape index (κ1) is 72.3. The Bertz CT molecular complexity index is 5310. The van der Waals surface area contributed by atoms with Crippen LogP contribution in [0.3, 0.4) is 0 Å². The predicted octanol–water partition coefficient (Wildman–Crippen LogP) is 29.9. The number of rotatable bonds is 14. The van der Waals surface area contributed by atoms with Gasteiger partial charge in [0.15, 0.2) is 0 Å². The fourth-order valence-electron chi connectivity index (χ4n) is 17.6. The van der Waals surface area contributed by atoms with Crippen LogP contribution in [-0.2, 0) is 29.0 Å². The third kappa shape index (κ3) is 14.9. The van der Waals surface area contributed by atoms with Crippen LogP contribution in [0.5, 0.6) is 0 Å². The molecule has 0 amide bonds. The lowest BCUT2D eigenvalue weighted by atomic mass is 9.70. The lowest BCUT2D eigenvalue weighted by Gasteiger charge is -2.35. The fourth-order valence-corrected chi connectivity index (χ4v) is 17.6. The van der Waals surface area contributed by atoms with Crippen molar-refractivity contribution in [1.29, 1.82) is 0 Å². The van der Waals surface area contributed by atoms with E-state index in [0.717, 1.165) is 82.2 Å². The van der Waals surface area contributed by atoms with E-state index in [1.165, 1.54) is 112 Å². The van der Waals surface area contributed by atoms with Crippen molar-refractivity contribution >= 4 is 34.1 Å². The number of nitrogens with zero attached hydrogens (tertiary/aromatic N) is 2. The summed E-state index contributed by atoms with van der Waals surface area (Å²) in [6, 6.07) is 94.4. The van der Waals surface area contributed by atoms with Crippen molar-refractivity contribution in [3.63, 3.8) is 0 Å². The largest absolute Gasteiger partial charge is 0.355 e. The summed E-state index contributed by atoms with van der Waals surface area (Å²) in [4.78, 5) is 4.89. The molecule has 4 aliphatic carbocycles. The number of fused-ring (bicyclic) bond motifs is 9. The Hall–Kier alpha value is -9.96. The quantitative estimate of drug-likeness (QED) is 0.117. The zero-order valence-electron chi connectivity index (χ0n) is 70.9. The highest BCUT2D eigenvalue weighted by Crippen LogP contribution is 2.56. The number of hydrogen-bond acceptors (Lipinski definition) is 3. The third-order valence-corrected chi connectivity index (χ3v) is 23.4. The minimum absolute atomic E-state index is 0.00203. The van der Waals surface area contributed by atoms with E-state index in [2.05, 4.69) is 388 Å². The van der Waals surface area contributed by atoms with Crippen LogP contribution in [0.15, 0.2) is 261 Å². The van der Waals surface area contributed by atoms with Gasteiger partial charge in [-0.15, -0.1) is 0 Å². The summed E-state index contributed by atoms with van der Waals surface area (Å²) in [6.45, 7) is 42.6. The Morgan fingerprint density at radius 2 is 0.787 bits per heavy atom. The molecule has 108 heavy (non-hydrogen) atoms. The van der Waals surface area contributed by atoms with Crippen LogP contribution < -0.4 is 15.1 Å². The first-order chi connectivity index (χ1) is 52.8. The molecular weight excluding hydrogens is 1300 g/mol. The molecule has 1 saturated carbocycles. The van der Waals surface area contributed by atoms with E-state index in [1.54, 1.807) is 0 Å². The Morgan fingerprint density at radius 3 is 1.30 bits per heavy atom. The molecule has 1 N–H and O–H groups in total. The molecule has 0 spiro atoms. The topological polar surface area (TPSA) is 18.5 Å². The molecule has 0 aromatic heterocycles. The molecule has 4 aliphatic rings. The fraction of sp³-hybridized carbons (Fsp3) is 0.314. The van der Waals surface area contributed by atoms with Gasteiger partial charge in [-0.1, -0.05) is 290 Å². The second-order valence-corrected chi connectivity index (χ2v) is 34.1. The Morgan fingerprint density at radius 1 is 0.380 bits per heavy atom. The van der Waals surface area contributed by atoms with Gasteiger partial charge in [-0.3, -0.25) is 0 Å². The van der Waals surface area contributed by atoms with Crippen LogP contribution in [0, 0.1) is 25.2 Å². The first-order valence-corrected chi connectivity index (χ1v) is 39.8. The van der Waals surface area contributed by atoms with E-state index in [4.69, 9.17) is 2.74 Å². The minimum Gasteiger partial charge on any atom is -0.355 e. The van der Waals surface area contributed by atoms with Crippen LogP contribution in [0.1, 0.15) is 215 Å². The summed E-state index contributed by atoms with van der Waals surface area (Å²) < 4.78 is 27.5. The number of hydrogen-bond donors (Lipinski definition) is 1. The Labute approximate surface area is 653 Å². The highest BCUT2D eigenvalue weighted by atomic mass is 15.2. The molecule has 2 atom stereocenters. The summed E-state index contributed by atoms with van der Waals surface area (Å²) in [5.41, 5.74) is 36.1. The van der Waals surface area contributed by atoms with Crippen LogP contribution in [0.2, 0.25) is 0 Å². The second kappa shape index (κ2) is 31.3. The van der Waals surface area contributed by atoms with Crippen molar-refractivity contribution in [3.8, 4) is 66.8 Å². The zero-order chi connectivity index (χ0) is 79.2. The first-order valence-electron chi connectivity index (χ1n) is 41.5. The molecular formula is C105H117N3. The van der Waals surface area contributed by atoms with E-state index in [-0.39, 0.29) is 28.7 Å². The zero-order valence-corrected chi connectivity index (χ0v) is 67.9. The van der Waals surface area contributed by atoms with Crippen LogP contribution in [-0.4, -0.2) is 12.1 Å². The van der Waals surface area contributed by atoms with Crippen molar-refractivity contribution in [2.24, 2.45) is 11.3 Å². The van der Waals surface area contributed by atoms with Crippen LogP contribution in [0.4, 0.5) is 34.1 Å². The highest BCUT2D eigenvalue weighted by Gasteiger charge is 2.41. The number of benzene rings is 12. The molecule has 3 nitrogen and oxygen atoms in total. The van der Waals surface area contributed by atoms with Crippen LogP contribution >= 0.6 is 0 Å². The average molecular weight is 1420 g/mol. The van der Waals surface area contributed by atoms with Crippen molar-refractivity contribution in [1.82, 2.24) is 0 Å². The van der Waals surface area contributed by atoms with Crippen molar-refractivity contribution < 1.29 is 4.11 Å². The number of aryl methyl sites for hydroxylation is 2. The maximum atomic E-state index is 9.73. The smallest absolute Gasteiger partial charge is 0.0451 e. The molecule has 552 valence electrons. The van der Waals surface area contributed by atoms with Crippen molar-refractivity contribution in [3.05, 3.63) is 322 Å². The van der Waals surface area contributed by atoms with Gasteiger partial charge in [-0.2, -0.15) is 0 Å². The summed E-state index contributed by atoms with van der Waals surface area (Å²) in [5.74, 6) is 0.242. The van der Waals surface area contributed by atoms with E-state index < -0.39 is 12.3 Å². The van der Waals surface area contributed by atoms with E-state index in [9.17, 15) is 1.37 Å². The maximum Gasteiger partial charge on any atom is 0.0451 e. The van der Waals surface area contributed by atoms with Gasteiger partial charge in [0.2, 0.25) is 0 Å². The monoisotopic (exact) mass is 1420 g/mol. The van der Waals surface area contributed by atoms with E-state index >= 15 is 0 Å². The van der Waals surface area contributed by atoms with Gasteiger partial charge in [0, 0.05) is 66.6 Å². The standard InChI is InChI=1S/C35H37N.C34H37N.C32H33N.C4H10/c1-34(2)19-17-25(18-20-34)29-22-30-28-15-8-9-16-31(28)35(3,4)32(30)23-33(29)36-27-14-10-13-26(21-27)24-11-6-5-7-12-24;1-7-24-21-29-28-17-12-13-19-30(28)34(5,6)31(29)22-33(24)35(23(3)4)32-20-14-18-27(26(32)8-2)25-15-10-9-11-16-25;1-21(2)33(30-18-12-16-25(23(30)4)24-13-8-7-9-14-24)31-20-29-27(19-22(31)3)26-15-10-11-17-28(26)32(29,5)6;1-4(2)3/h5-16,21-23,25,36H,17-20H2,1-4H3;9-23H,7-8H2,1-6H3;7-21H,1-6H3;4H,1-3H3/i25D;7D,8D;;. The van der Waals surface area contributed by atoms with Gasteiger partial charge < -0.3 is 15.1 Å². The lowest BCUT2D eigenvalue weighted by molar-refractivity contribution is 0.225. The third-order valence-electron chi connectivity index (χ3n) is 23.4. The van der Waals surface area contributed by atoms with Crippen LogP contribution in [0.25, 0.3) is 66.8 Å². The summed E-state index contributed by atoms with van der Waals surface area (Å²) >= 11 is 0. The van der Waals surface area contributed by atoms with E-state index in [1.807, 2.05) is 19.9 Å². The van der Waals surface area contributed by atoms with Gasteiger partial charge in [-0.05, 0) is 286 Å². The average Bonchev–Trinajstić information content (AvgIpc) is 1.60. The van der Waals surface area contributed by atoms with Gasteiger partial charge in [0.1, 0.15) is 0 Å². The van der Waals surface area contributed by atoms with Crippen molar-refractivity contribution in [2.45, 2.75) is 204 Å². The molecule has 1 fully saturated rings.